The van der Waals surface area contributed by atoms with Crippen LogP contribution < -0.4 is 10.2 Å². The summed E-state index contributed by atoms with van der Waals surface area (Å²) in [7, 11) is 0. The number of likely N-dealkylation sites (tertiary alicyclic amines) is 1. The average molecular weight is 275 g/mol. The highest BCUT2D eigenvalue weighted by Crippen LogP contribution is 2.33. The van der Waals surface area contributed by atoms with Gasteiger partial charge in [0.05, 0.1) is 12.1 Å². The van der Waals surface area contributed by atoms with E-state index in [4.69, 9.17) is 0 Å². The fraction of sp³-hybridized carbons (Fsp3) is 0.643. The zero-order valence-electron chi connectivity index (χ0n) is 12.0. The van der Waals surface area contributed by atoms with E-state index in [0.717, 1.165) is 31.9 Å². The fourth-order valence-electron chi connectivity index (χ4n) is 3.26. The van der Waals surface area contributed by atoms with Crippen LogP contribution in [0.25, 0.3) is 0 Å². The monoisotopic (exact) mass is 275 g/mol. The predicted molar refractivity (Wildman–Crippen MR) is 76.6 cm³/mol. The minimum atomic E-state index is 0.0586. The molecule has 0 bridgehead atoms. The Balaban J connectivity index is 1.71. The molecule has 0 aliphatic carbocycles. The first-order valence-electron chi connectivity index (χ1n) is 7.27. The van der Waals surface area contributed by atoms with E-state index in [1.807, 2.05) is 24.8 Å². The maximum absolute atomic E-state index is 12.2. The topological polar surface area (TPSA) is 61.4 Å². The first-order chi connectivity index (χ1) is 9.66. The molecule has 0 unspecified atom stereocenters. The minimum Gasteiger partial charge on any atom is -0.336 e. The Hall–Kier alpha value is -1.85. The summed E-state index contributed by atoms with van der Waals surface area (Å²) in [6.07, 6.45) is 5.53. The van der Waals surface area contributed by atoms with Crippen LogP contribution in [0.15, 0.2) is 18.5 Å². The molecule has 2 aliphatic rings. The van der Waals surface area contributed by atoms with Crippen molar-refractivity contribution in [3.8, 4) is 0 Å². The SMILES string of the molecule is CC(C)NC(=O)N1CC[C@H]2[C@H]1CCN2c1ncccn1. The Morgan fingerprint density at radius 3 is 2.65 bits per heavy atom. The van der Waals surface area contributed by atoms with E-state index in [-0.39, 0.29) is 18.1 Å². The van der Waals surface area contributed by atoms with Crippen molar-refractivity contribution in [3.63, 3.8) is 0 Å². The highest BCUT2D eigenvalue weighted by atomic mass is 16.2. The van der Waals surface area contributed by atoms with Crippen molar-refractivity contribution in [2.75, 3.05) is 18.0 Å². The number of nitrogens with zero attached hydrogens (tertiary/aromatic N) is 4. The second-order valence-corrected chi connectivity index (χ2v) is 5.75. The standard InChI is InChI=1S/C14H21N5O/c1-10(2)17-14(20)19-9-5-11-12(19)4-8-18(11)13-15-6-3-7-16-13/h3,6-7,10-12H,4-5,8-9H2,1-2H3,(H,17,20)/t11-,12+/m0/s1. The highest BCUT2D eigenvalue weighted by Gasteiger charge is 2.45. The fourth-order valence-corrected chi connectivity index (χ4v) is 3.26. The predicted octanol–water partition coefficient (Wildman–Crippen LogP) is 1.25. The Morgan fingerprint density at radius 2 is 1.95 bits per heavy atom. The molecule has 2 aliphatic heterocycles. The molecule has 6 heteroatoms. The Kier molecular flexibility index (Phi) is 3.46. The van der Waals surface area contributed by atoms with Crippen molar-refractivity contribution in [2.45, 2.75) is 44.8 Å². The highest BCUT2D eigenvalue weighted by molar-refractivity contribution is 5.75. The van der Waals surface area contributed by atoms with Crippen LogP contribution in [-0.2, 0) is 0 Å². The number of nitrogens with one attached hydrogen (secondary N) is 1. The summed E-state index contributed by atoms with van der Waals surface area (Å²) in [5.41, 5.74) is 0. The van der Waals surface area contributed by atoms with Crippen LogP contribution in [-0.4, -0.2) is 52.1 Å². The molecule has 0 spiro atoms. The summed E-state index contributed by atoms with van der Waals surface area (Å²) in [4.78, 5) is 25.1. The van der Waals surface area contributed by atoms with Gasteiger partial charge in [-0.1, -0.05) is 0 Å². The molecule has 0 aromatic carbocycles. The van der Waals surface area contributed by atoms with Crippen molar-refractivity contribution in [3.05, 3.63) is 18.5 Å². The third kappa shape index (κ3) is 2.30. The van der Waals surface area contributed by atoms with E-state index in [2.05, 4.69) is 20.2 Å². The lowest BCUT2D eigenvalue weighted by Crippen LogP contribution is -2.46. The van der Waals surface area contributed by atoms with Gasteiger partial charge in [0.2, 0.25) is 5.95 Å². The first kappa shape index (κ1) is 13.1. The van der Waals surface area contributed by atoms with E-state index in [9.17, 15) is 4.79 Å². The number of hydrogen-bond acceptors (Lipinski definition) is 4. The zero-order valence-corrected chi connectivity index (χ0v) is 12.0. The summed E-state index contributed by atoms with van der Waals surface area (Å²) in [5, 5.41) is 2.99. The Labute approximate surface area is 119 Å². The van der Waals surface area contributed by atoms with Gasteiger partial charge >= 0.3 is 6.03 Å². The number of rotatable bonds is 2. The third-order valence-corrected chi connectivity index (χ3v) is 4.06. The van der Waals surface area contributed by atoms with Gasteiger partial charge in [-0.25, -0.2) is 14.8 Å². The molecule has 6 nitrogen and oxygen atoms in total. The molecule has 108 valence electrons. The molecule has 0 saturated carbocycles. The van der Waals surface area contributed by atoms with E-state index < -0.39 is 0 Å². The van der Waals surface area contributed by atoms with Gasteiger partial charge in [0.15, 0.2) is 0 Å². The molecule has 2 atom stereocenters. The van der Waals surface area contributed by atoms with Gasteiger partial charge in [-0.05, 0) is 32.8 Å². The molecule has 0 radical (unpaired) electrons. The number of carbonyl (C=O) groups is 1. The van der Waals surface area contributed by atoms with Crippen LogP contribution in [0.5, 0.6) is 0 Å². The van der Waals surface area contributed by atoms with Crippen LogP contribution in [0.4, 0.5) is 10.7 Å². The van der Waals surface area contributed by atoms with Crippen LogP contribution in [0.2, 0.25) is 0 Å². The Bertz CT molecular complexity index is 478. The van der Waals surface area contributed by atoms with Crippen molar-refractivity contribution in [1.82, 2.24) is 20.2 Å². The number of fused-ring (bicyclic) bond motifs is 1. The first-order valence-corrected chi connectivity index (χ1v) is 7.27. The van der Waals surface area contributed by atoms with Crippen molar-refractivity contribution in [2.24, 2.45) is 0 Å². The van der Waals surface area contributed by atoms with Crippen molar-refractivity contribution >= 4 is 12.0 Å². The number of urea groups is 1. The zero-order chi connectivity index (χ0) is 14.1. The molecule has 1 aromatic rings. The van der Waals surface area contributed by atoms with Gasteiger partial charge in [-0.15, -0.1) is 0 Å². The number of aromatic nitrogens is 2. The van der Waals surface area contributed by atoms with Gasteiger partial charge < -0.3 is 15.1 Å². The van der Waals surface area contributed by atoms with E-state index in [0.29, 0.717) is 6.04 Å². The largest absolute Gasteiger partial charge is 0.336 e. The van der Waals surface area contributed by atoms with E-state index in [1.54, 1.807) is 12.4 Å². The van der Waals surface area contributed by atoms with E-state index in [1.165, 1.54) is 0 Å². The molecule has 3 rings (SSSR count). The van der Waals surface area contributed by atoms with Gasteiger partial charge in [-0.3, -0.25) is 0 Å². The van der Waals surface area contributed by atoms with Gasteiger partial charge in [0.1, 0.15) is 0 Å². The van der Waals surface area contributed by atoms with Crippen molar-refractivity contribution < 1.29 is 4.79 Å². The summed E-state index contributed by atoms with van der Waals surface area (Å²) in [5.74, 6) is 0.783. The maximum atomic E-state index is 12.2. The summed E-state index contributed by atoms with van der Waals surface area (Å²) < 4.78 is 0. The molecule has 2 fully saturated rings. The summed E-state index contributed by atoms with van der Waals surface area (Å²) >= 11 is 0. The number of carbonyl (C=O) groups excluding carboxylic acids is 1. The number of amides is 2. The third-order valence-electron chi connectivity index (χ3n) is 4.06. The van der Waals surface area contributed by atoms with Gasteiger partial charge in [-0.2, -0.15) is 0 Å². The smallest absolute Gasteiger partial charge is 0.317 e. The van der Waals surface area contributed by atoms with Gasteiger partial charge in [0.25, 0.3) is 0 Å². The molecule has 2 saturated heterocycles. The molecule has 1 aromatic heterocycles. The summed E-state index contributed by atoms with van der Waals surface area (Å²) in [6.45, 7) is 5.72. The van der Waals surface area contributed by atoms with Crippen LogP contribution >= 0.6 is 0 Å². The lowest BCUT2D eigenvalue weighted by Gasteiger charge is -2.26. The molecular weight excluding hydrogens is 254 g/mol. The average Bonchev–Trinajstić information content (AvgIpc) is 2.99. The lowest BCUT2D eigenvalue weighted by atomic mass is 10.1. The van der Waals surface area contributed by atoms with E-state index >= 15 is 0 Å². The van der Waals surface area contributed by atoms with Crippen LogP contribution in [0, 0.1) is 0 Å². The van der Waals surface area contributed by atoms with Crippen LogP contribution in [0.3, 0.4) is 0 Å². The molecular formula is C14H21N5O. The normalized spacial score (nSPS) is 25.1. The number of anilines is 1. The second kappa shape index (κ2) is 5.26. The Morgan fingerprint density at radius 1 is 1.25 bits per heavy atom. The second-order valence-electron chi connectivity index (χ2n) is 5.75. The number of hydrogen-bond donors (Lipinski definition) is 1. The molecule has 3 heterocycles. The summed E-state index contributed by atoms with van der Waals surface area (Å²) in [6, 6.07) is 2.71. The van der Waals surface area contributed by atoms with Crippen molar-refractivity contribution in [1.29, 1.82) is 0 Å². The molecule has 1 N–H and O–H groups in total. The molecule has 20 heavy (non-hydrogen) atoms. The minimum absolute atomic E-state index is 0.0586. The van der Waals surface area contributed by atoms with Gasteiger partial charge in [0, 0.05) is 31.5 Å². The van der Waals surface area contributed by atoms with Crippen LogP contribution in [0.1, 0.15) is 26.7 Å². The quantitative estimate of drug-likeness (QED) is 0.882. The molecule has 2 amide bonds. The maximum Gasteiger partial charge on any atom is 0.317 e. The lowest BCUT2D eigenvalue weighted by molar-refractivity contribution is 0.190.